The fourth-order valence-corrected chi connectivity index (χ4v) is 5.85. The van der Waals surface area contributed by atoms with Crippen LogP contribution in [0.25, 0.3) is 0 Å². The number of nitrogens with zero attached hydrogens (tertiary/aromatic N) is 1. The Labute approximate surface area is 142 Å². The van der Waals surface area contributed by atoms with Gasteiger partial charge in [-0.25, -0.2) is 8.42 Å². The molecule has 1 rings (SSSR count). The molecule has 3 nitrogen and oxygen atoms in total. The average molecular weight is 445 g/mol. The lowest BCUT2D eigenvalue weighted by atomic mass is 10.2. The van der Waals surface area contributed by atoms with Gasteiger partial charge in [0.05, 0.1) is 4.90 Å². The molecule has 0 heterocycles. The fraction of sp³-hybridized carbons (Fsp3) is 0.538. The Morgan fingerprint density at radius 3 is 2.40 bits per heavy atom. The van der Waals surface area contributed by atoms with Gasteiger partial charge in [-0.2, -0.15) is 16.1 Å². The summed E-state index contributed by atoms with van der Waals surface area (Å²) in [5.74, 6) is 0.789. The van der Waals surface area contributed by atoms with E-state index in [2.05, 4.69) is 31.9 Å². The first-order valence-corrected chi connectivity index (χ1v) is 10.6. The van der Waals surface area contributed by atoms with Gasteiger partial charge >= 0.3 is 0 Å². The second-order valence-corrected chi connectivity index (χ2v) is 9.16. The van der Waals surface area contributed by atoms with Gasteiger partial charge in [0.25, 0.3) is 0 Å². The molecule has 0 N–H and O–H groups in total. The number of rotatable bonds is 6. The third-order valence-electron chi connectivity index (χ3n) is 3.21. The van der Waals surface area contributed by atoms with Gasteiger partial charge in [-0.05, 0) is 53.2 Å². The Balaban J connectivity index is 3.26. The van der Waals surface area contributed by atoms with E-state index in [9.17, 15) is 8.42 Å². The normalized spacial score (nSPS) is 13.8. The molecule has 1 aromatic carbocycles. The minimum absolute atomic E-state index is 0.00183. The van der Waals surface area contributed by atoms with Crippen LogP contribution in [0.2, 0.25) is 0 Å². The smallest absolute Gasteiger partial charge is 0.207 e. The van der Waals surface area contributed by atoms with Gasteiger partial charge in [0.2, 0.25) is 10.0 Å². The van der Waals surface area contributed by atoms with Crippen LogP contribution >= 0.6 is 43.6 Å². The third kappa shape index (κ3) is 4.00. The summed E-state index contributed by atoms with van der Waals surface area (Å²) >= 11 is 8.42. The van der Waals surface area contributed by atoms with E-state index in [-0.39, 0.29) is 6.04 Å². The largest absolute Gasteiger partial charge is 0.244 e. The van der Waals surface area contributed by atoms with E-state index >= 15 is 0 Å². The number of sulfonamides is 1. The van der Waals surface area contributed by atoms with Crippen molar-refractivity contribution in [2.75, 3.05) is 19.1 Å². The zero-order chi connectivity index (χ0) is 15.5. The first-order chi connectivity index (χ1) is 9.25. The molecular formula is C13H19Br2NO2S2. The summed E-state index contributed by atoms with van der Waals surface area (Å²) in [6, 6.07) is 3.49. The molecule has 0 aliphatic heterocycles. The number of hydrogen-bond donors (Lipinski definition) is 0. The molecule has 0 saturated heterocycles. The van der Waals surface area contributed by atoms with Gasteiger partial charge in [-0.3, -0.25) is 0 Å². The number of halogens is 2. The predicted molar refractivity (Wildman–Crippen MR) is 94.0 cm³/mol. The molecule has 1 aromatic rings. The van der Waals surface area contributed by atoms with Gasteiger partial charge in [0.1, 0.15) is 0 Å². The van der Waals surface area contributed by atoms with Crippen LogP contribution in [0, 0.1) is 6.92 Å². The Morgan fingerprint density at radius 1 is 1.30 bits per heavy atom. The van der Waals surface area contributed by atoms with Crippen LogP contribution in [-0.4, -0.2) is 37.8 Å². The Bertz CT molecular complexity index is 576. The zero-order valence-corrected chi connectivity index (χ0v) is 16.8. The highest BCUT2D eigenvalue weighted by Gasteiger charge is 2.29. The topological polar surface area (TPSA) is 37.4 Å². The van der Waals surface area contributed by atoms with Gasteiger partial charge < -0.3 is 0 Å². The first kappa shape index (κ1) is 18.5. The molecule has 0 aliphatic carbocycles. The van der Waals surface area contributed by atoms with Crippen LogP contribution in [-0.2, 0) is 10.0 Å². The Kier molecular flexibility index (Phi) is 7.05. The van der Waals surface area contributed by atoms with E-state index in [4.69, 9.17) is 0 Å². The molecule has 0 radical (unpaired) electrons. The van der Waals surface area contributed by atoms with Gasteiger partial charge in [-0.15, -0.1) is 0 Å². The lowest BCUT2D eigenvalue weighted by molar-refractivity contribution is 0.385. The molecular weight excluding hydrogens is 426 g/mol. The molecule has 7 heteroatoms. The number of aryl methyl sites for hydroxylation is 1. The summed E-state index contributed by atoms with van der Waals surface area (Å²) in [5, 5.41) is 0. The summed E-state index contributed by atoms with van der Waals surface area (Å²) < 4.78 is 28.4. The van der Waals surface area contributed by atoms with Crippen molar-refractivity contribution in [1.82, 2.24) is 4.31 Å². The van der Waals surface area contributed by atoms with E-state index in [1.165, 1.54) is 4.31 Å². The number of thioether (sulfide) groups is 1. The minimum Gasteiger partial charge on any atom is -0.207 e. The molecule has 1 unspecified atom stereocenters. The van der Waals surface area contributed by atoms with Crippen molar-refractivity contribution in [3.05, 3.63) is 26.6 Å². The standard InChI is InChI=1S/C13H19Br2NO2S2/c1-5-10(8-19-4)16(3)20(17,18)13-7-11(14)9(2)6-12(13)15/h6-7,10H,5,8H2,1-4H3. The lowest BCUT2D eigenvalue weighted by Gasteiger charge is -2.26. The van der Waals surface area contributed by atoms with Gasteiger partial charge in [0, 0.05) is 27.8 Å². The number of hydrogen-bond acceptors (Lipinski definition) is 3. The molecule has 0 amide bonds. The third-order valence-corrected chi connectivity index (χ3v) is 7.66. The molecule has 1 atom stereocenters. The molecule has 0 saturated carbocycles. The van der Waals surface area contributed by atoms with Crippen molar-refractivity contribution in [3.63, 3.8) is 0 Å². The van der Waals surface area contributed by atoms with E-state index in [0.29, 0.717) is 9.37 Å². The molecule has 114 valence electrons. The van der Waals surface area contributed by atoms with Crippen molar-refractivity contribution >= 4 is 53.6 Å². The summed E-state index contributed by atoms with van der Waals surface area (Å²) in [4.78, 5) is 0.303. The maximum Gasteiger partial charge on any atom is 0.244 e. The highest BCUT2D eigenvalue weighted by Crippen LogP contribution is 2.31. The van der Waals surface area contributed by atoms with Crippen LogP contribution in [0.15, 0.2) is 26.0 Å². The molecule has 0 bridgehead atoms. The molecule has 0 fully saturated rings. The molecule has 0 aromatic heterocycles. The van der Waals surface area contributed by atoms with Crippen LogP contribution in [0.4, 0.5) is 0 Å². The maximum atomic E-state index is 12.8. The maximum absolute atomic E-state index is 12.8. The van der Waals surface area contributed by atoms with Crippen LogP contribution in [0.5, 0.6) is 0 Å². The van der Waals surface area contributed by atoms with E-state index in [0.717, 1.165) is 22.2 Å². The summed E-state index contributed by atoms with van der Waals surface area (Å²) in [5.41, 5.74) is 0.995. The second kappa shape index (κ2) is 7.63. The van der Waals surface area contributed by atoms with Crippen molar-refractivity contribution < 1.29 is 8.42 Å². The monoisotopic (exact) mass is 443 g/mol. The van der Waals surface area contributed by atoms with Crippen molar-refractivity contribution in [2.45, 2.75) is 31.2 Å². The van der Waals surface area contributed by atoms with Crippen molar-refractivity contribution in [3.8, 4) is 0 Å². The molecule has 0 aliphatic rings. The highest BCUT2D eigenvalue weighted by molar-refractivity contribution is 9.11. The van der Waals surface area contributed by atoms with E-state index in [1.54, 1.807) is 24.9 Å². The SMILES string of the molecule is CCC(CSC)N(C)S(=O)(=O)c1cc(Br)c(C)cc1Br. The quantitative estimate of drug-likeness (QED) is 0.656. The fourth-order valence-electron chi connectivity index (χ4n) is 1.85. The summed E-state index contributed by atoms with van der Waals surface area (Å²) in [6.45, 7) is 3.94. The van der Waals surface area contributed by atoms with E-state index in [1.807, 2.05) is 26.2 Å². The van der Waals surface area contributed by atoms with Gasteiger partial charge in [-0.1, -0.05) is 22.9 Å². The predicted octanol–water partition coefficient (Wildman–Crippen LogP) is 4.28. The zero-order valence-electron chi connectivity index (χ0n) is 12.0. The molecule has 0 spiro atoms. The van der Waals surface area contributed by atoms with Crippen LogP contribution in [0.3, 0.4) is 0 Å². The Morgan fingerprint density at radius 2 is 1.90 bits per heavy atom. The van der Waals surface area contributed by atoms with Gasteiger partial charge in [0.15, 0.2) is 0 Å². The number of benzene rings is 1. The average Bonchev–Trinajstić information content (AvgIpc) is 2.39. The van der Waals surface area contributed by atoms with Crippen molar-refractivity contribution in [1.29, 1.82) is 0 Å². The summed E-state index contributed by atoms with van der Waals surface area (Å²) in [7, 11) is -1.85. The van der Waals surface area contributed by atoms with Crippen LogP contribution in [0.1, 0.15) is 18.9 Å². The van der Waals surface area contributed by atoms with Crippen LogP contribution < -0.4 is 0 Å². The minimum atomic E-state index is -3.50. The highest BCUT2D eigenvalue weighted by atomic mass is 79.9. The molecule has 20 heavy (non-hydrogen) atoms. The van der Waals surface area contributed by atoms with E-state index < -0.39 is 10.0 Å². The lowest BCUT2D eigenvalue weighted by Crippen LogP contribution is -2.38. The Hall–Kier alpha value is 0.440. The second-order valence-electron chi connectivity index (χ2n) is 4.57. The first-order valence-electron chi connectivity index (χ1n) is 6.18. The summed E-state index contributed by atoms with van der Waals surface area (Å²) in [6.07, 6.45) is 2.78. The van der Waals surface area contributed by atoms with Crippen molar-refractivity contribution in [2.24, 2.45) is 0 Å².